The molecule has 0 radical (unpaired) electrons. The molecule has 64 heavy (non-hydrogen) atoms. The van der Waals surface area contributed by atoms with Crippen LogP contribution < -0.4 is 0 Å². The first-order chi connectivity index (χ1) is 29.9. The Kier molecular flexibility index (Phi) is 15.2. The average molecular weight is 919 g/mol. The fourth-order valence-electron chi connectivity index (χ4n) is 14.1. The van der Waals surface area contributed by atoms with Crippen LogP contribution in [0.1, 0.15) is 99.8 Å². The third-order valence-electron chi connectivity index (χ3n) is 17.6. The van der Waals surface area contributed by atoms with Gasteiger partial charge in [0.15, 0.2) is 18.9 Å². The average Bonchev–Trinajstić information content (AvgIpc) is 3.62. The third-order valence-corrected chi connectivity index (χ3v) is 17.6. The zero-order valence-corrected chi connectivity index (χ0v) is 38.4. The minimum Gasteiger partial charge on any atom is -0.394 e. The van der Waals surface area contributed by atoms with Gasteiger partial charge in [-0.05, 0) is 118 Å². The van der Waals surface area contributed by atoms with Crippen LogP contribution in [0.2, 0.25) is 0 Å². The second-order valence-electron chi connectivity index (χ2n) is 22.0. The van der Waals surface area contributed by atoms with Gasteiger partial charge in [-0.25, -0.2) is 0 Å². The van der Waals surface area contributed by atoms with E-state index in [1.807, 2.05) is 34.6 Å². The fourth-order valence-corrected chi connectivity index (χ4v) is 14.1. The normalized spacial score (nSPS) is 52.5. The zero-order chi connectivity index (χ0) is 47.0. The van der Waals surface area contributed by atoms with Crippen LogP contribution in [0.3, 0.4) is 0 Å². The Hall–Kier alpha value is -0.980. The fraction of sp³-hybridized carbons (Fsp3) is 0.957. The molecule has 370 valence electrons. The quantitative estimate of drug-likeness (QED) is 0.0842. The molecule has 0 amide bonds. The number of aliphatic hydroxyl groups is 12. The molecule has 3 heterocycles. The van der Waals surface area contributed by atoms with E-state index in [9.17, 15) is 61.3 Å². The Morgan fingerprint density at radius 3 is 1.91 bits per heavy atom. The number of ether oxygens (including phenoxy) is 6. The number of hydrogen-bond donors (Lipinski definition) is 12. The number of aliphatic hydroxyl groups excluding tert-OH is 12. The van der Waals surface area contributed by atoms with Crippen LogP contribution in [0.5, 0.6) is 0 Å². The summed E-state index contributed by atoms with van der Waals surface area (Å²) in [4.78, 5) is 0. The molecule has 7 rings (SSSR count). The third kappa shape index (κ3) is 8.80. The van der Waals surface area contributed by atoms with Crippen LogP contribution in [0, 0.1) is 45.8 Å². The van der Waals surface area contributed by atoms with Crippen LogP contribution in [-0.2, 0) is 28.4 Å². The van der Waals surface area contributed by atoms with E-state index in [-0.39, 0.29) is 36.2 Å². The van der Waals surface area contributed by atoms with Crippen molar-refractivity contribution >= 4 is 0 Å². The molecule has 18 heteroatoms. The van der Waals surface area contributed by atoms with Gasteiger partial charge in [0, 0.05) is 0 Å². The SMILES string of the molecule is CC(C)=CCC[C@](C)(O[C@@H]1O[C@H](CO)[C@@H](O)[C@H](O)[C@H]1O)C1CC[C@]2(C)C3C[C@@H](O[C@@H]4O[C@H](CO)[C@@H](O)[C@H](O)[C@H]4O[C@@H]4OC[C@@H](O)[C@H](O)[C@H]4O)C4C(C)(C)C(O)CC[C@]4(C)C3C[C@H](O)C12. The molecule has 0 bridgehead atoms. The molecule has 7 aliphatic rings. The van der Waals surface area contributed by atoms with Crippen LogP contribution in [0.25, 0.3) is 0 Å². The standard InChI is InChI=1S/C46H78O18/c1-20(2)9-8-12-46(7,64-41-37(58)34(55)32(53)27(17-47)61-41)21-10-13-44(5)23-16-26(39-43(3,4)29(51)11-14-45(39,6)22(23)15-24(49)30(21)44)60-42-38(35(56)33(54)28(18-48)62-42)63-40-36(57)31(52)25(50)19-59-40/h9,21-42,47-58H,8,10-19H2,1-7H3/t21?,22?,23?,24-,25+,26+,27+,28+,29?,30?,31-,32+,33+,34-,35-,36+,37+,38+,39?,40-,41-,42+,44+,45+,46-/m0/s1. The van der Waals surface area contributed by atoms with Gasteiger partial charge in [-0.15, -0.1) is 0 Å². The molecule has 25 atom stereocenters. The molecule has 3 saturated heterocycles. The molecule has 7 fully saturated rings. The molecular formula is C46H78O18. The molecule has 3 aliphatic heterocycles. The molecule has 0 aromatic heterocycles. The van der Waals surface area contributed by atoms with Crippen molar-refractivity contribution in [3.05, 3.63) is 11.6 Å². The maximum absolute atomic E-state index is 12.6. The van der Waals surface area contributed by atoms with Crippen LogP contribution in [-0.4, -0.2) is 191 Å². The smallest absolute Gasteiger partial charge is 0.187 e. The van der Waals surface area contributed by atoms with Gasteiger partial charge < -0.3 is 89.7 Å². The van der Waals surface area contributed by atoms with E-state index in [1.165, 1.54) is 0 Å². The number of fused-ring (bicyclic) bond motifs is 5. The number of hydrogen-bond acceptors (Lipinski definition) is 18. The van der Waals surface area contributed by atoms with Gasteiger partial charge in [0.1, 0.15) is 67.1 Å². The molecule has 6 unspecified atom stereocenters. The predicted octanol–water partition coefficient (Wildman–Crippen LogP) is -0.807. The van der Waals surface area contributed by atoms with Crippen LogP contribution in [0.4, 0.5) is 0 Å². The van der Waals surface area contributed by atoms with E-state index in [2.05, 4.69) is 19.9 Å². The van der Waals surface area contributed by atoms with Crippen molar-refractivity contribution in [1.29, 1.82) is 0 Å². The topological polar surface area (TPSA) is 298 Å². The highest BCUT2D eigenvalue weighted by molar-refractivity contribution is 5.18. The van der Waals surface area contributed by atoms with E-state index < -0.39 is 139 Å². The summed E-state index contributed by atoms with van der Waals surface area (Å²) in [6.07, 6.45) is -16.9. The lowest BCUT2D eigenvalue weighted by atomic mass is 9.39. The Labute approximate surface area is 376 Å². The Morgan fingerprint density at radius 2 is 1.27 bits per heavy atom. The number of rotatable bonds is 12. The van der Waals surface area contributed by atoms with Gasteiger partial charge in [0.05, 0.1) is 43.7 Å². The predicted molar refractivity (Wildman–Crippen MR) is 224 cm³/mol. The Morgan fingerprint density at radius 1 is 0.672 bits per heavy atom. The summed E-state index contributed by atoms with van der Waals surface area (Å²) in [7, 11) is 0. The second kappa shape index (κ2) is 19.1. The lowest BCUT2D eigenvalue weighted by Crippen LogP contribution is -2.68. The van der Waals surface area contributed by atoms with Crippen LogP contribution in [0.15, 0.2) is 11.6 Å². The van der Waals surface area contributed by atoms with Crippen molar-refractivity contribution in [2.45, 2.75) is 210 Å². The minimum atomic E-state index is -1.73. The monoisotopic (exact) mass is 919 g/mol. The highest BCUT2D eigenvalue weighted by atomic mass is 16.8. The molecule has 4 saturated carbocycles. The molecule has 0 aromatic rings. The lowest BCUT2D eigenvalue weighted by Gasteiger charge is -2.68. The summed E-state index contributed by atoms with van der Waals surface area (Å²) >= 11 is 0. The van der Waals surface area contributed by atoms with Crippen molar-refractivity contribution in [2.24, 2.45) is 45.8 Å². The van der Waals surface area contributed by atoms with Gasteiger partial charge in [-0.1, -0.05) is 39.3 Å². The first-order valence-corrected chi connectivity index (χ1v) is 23.5. The molecule has 0 spiro atoms. The number of allylic oxidation sites excluding steroid dienone is 2. The maximum atomic E-state index is 12.6. The molecular weight excluding hydrogens is 840 g/mol. The van der Waals surface area contributed by atoms with Gasteiger partial charge >= 0.3 is 0 Å². The largest absolute Gasteiger partial charge is 0.394 e. The summed E-state index contributed by atoms with van der Waals surface area (Å²) in [5.41, 5.74) is -1.69. The Balaban J connectivity index is 1.24. The summed E-state index contributed by atoms with van der Waals surface area (Å²) in [5, 5.41) is 131. The van der Waals surface area contributed by atoms with Gasteiger partial charge in [0.2, 0.25) is 0 Å². The summed E-state index contributed by atoms with van der Waals surface area (Å²) in [5.74, 6) is -1.06. The van der Waals surface area contributed by atoms with Crippen molar-refractivity contribution in [1.82, 2.24) is 0 Å². The highest BCUT2D eigenvalue weighted by Crippen LogP contribution is 2.72. The molecule has 4 aliphatic carbocycles. The van der Waals surface area contributed by atoms with Gasteiger partial charge in [-0.2, -0.15) is 0 Å². The lowest BCUT2D eigenvalue weighted by molar-refractivity contribution is -0.373. The van der Waals surface area contributed by atoms with E-state index in [0.717, 1.165) is 5.57 Å². The minimum absolute atomic E-state index is 0.0296. The molecule has 0 aromatic carbocycles. The summed E-state index contributed by atoms with van der Waals surface area (Å²) in [6.45, 7) is 12.7. The van der Waals surface area contributed by atoms with Gasteiger partial charge in [-0.3, -0.25) is 0 Å². The highest BCUT2D eigenvalue weighted by Gasteiger charge is 2.70. The van der Waals surface area contributed by atoms with E-state index in [1.54, 1.807) is 0 Å². The zero-order valence-electron chi connectivity index (χ0n) is 38.4. The maximum Gasteiger partial charge on any atom is 0.187 e. The van der Waals surface area contributed by atoms with E-state index >= 15 is 0 Å². The van der Waals surface area contributed by atoms with Crippen molar-refractivity contribution < 1.29 is 89.7 Å². The molecule has 18 nitrogen and oxygen atoms in total. The van der Waals surface area contributed by atoms with Crippen molar-refractivity contribution in [3.63, 3.8) is 0 Å². The molecule has 12 N–H and O–H groups in total. The summed E-state index contributed by atoms with van der Waals surface area (Å²) in [6, 6.07) is 0. The first kappa shape index (κ1) is 50.9. The second-order valence-corrected chi connectivity index (χ2v) is 22.0. The van der Waals surface area contributed by atoms with Crippen molar-refractivity contribution in [3.8, 4) is 0 Å². The first-order valence-electron chi connectivity index (χ1n) is 23.5. The van der Waals surface area contributed by atoms with E-state index in [0.29, 0.717) is 51.4 Å². The summed E-state index contributed by atoms with van der Waals surface area (Å²) < 4.78 is 37.5. The van der Waals surface area contributed by atoms with Gasteiger partial charge in [0.25, 0.3) is 0 Å². The van der Waals surface area contributed by atoms with Crippen LogP contribution >= 0.6 is 0 Å². The van der Waals surface area contributed by atoms with Crippen molar-refractivity contribution in [2.75, 3.05) is 19.8 Å². The Bertz CT molecular complexity index is 1610. The van der Waals surface area contributed by atoms with E-state index in [4.69, 9.17) is 28.4 Å².